The normalized spacial score (nSPS) is 22.5. The minimum absolute atomic E-state index is 0.0686. The third-order valence-electron chi connectivity index (χ3n) is 7.34. The van der Waals surface area contributed by atoms with Crippen LogP contribution >= 0.6 is 0 Å². The standard InChI is InChI=1S/C27H36BN3O6/c1-24(2,3)35-23(34)21-18(28-36-25(4,5)26(6,7)37-28)12-13-19(30-21)31-15-14-16-10-9-11-17(22(32)33)20(16)27(31,8)29/h9-13H,14-15,29H2,1-8H3,(H,32,33). The van der Waals surface area contributed by atoms with Gasteiger partial charge in [-0.15, -0.1) is 0 Å². The lowest BCUT2D eigenvalue weighted by Crippen LogP contribution is -2.56. The number of anilines is 1. The topological polar surface area (TPSA) is 124 Å². The van der Waals surface area contributed by atoms with Crippen molar-refractivity contribution >= 4 is 30.3 Å². The lowest BCUT2D eigenvalue weighted by Gasteiger charge is -2.45. The molecule has 2 aliphatic heterocycles. The number of carboxylic acids is 1. The fourth-order valence-electron chi connectivity index (χ4n) is 4.80. The van der Waals surface area contributed by atoms with Gasteiger partial charge in [-0.1, -0.05) is 18.2 Å². The average Bonchev–Trinajstić information content (AvgIpc) is 2.98. The zero-order valence-corrected chi connectivity index (χ0v) is 22.8. The highest BCUT2D eigenvalue weighted by Gasteiger charge is 2.53. The Balaban J connectivity index is 1.81. The van der Waals surface area contributed by atoms with E-state index in [4.69, 9.17) is 24.8 Å². The largest absolute Gasteiger partial charge is 0.497 e. The summed E-state index contributed by atoms with van der Waals surface area (Å²) in [5.41, 5.74) is 5.75. The number of aromatic nitrogens is 1. The number of carbonyl (C=O) groups is 2. The van der Waals surface area contributed by atoms with E-state index >= 15 is 0 Å². The van der Waals surface area contributed by atoms with E-state index in [0.29, 0.717) is 29.8 Å². The molecule has 3 N–H and O–H groups in total. The monoisotopic (exact) mass is 509 g/mol. The van der Waals surface area contributed by atoms with Gasteiger partial charge in [0.1, 0.15) is 17.1 Å². The smallest absolute Gasteiger partial charge is 0.478 e. The maximum absolute atomic E-state index is 13.4. The van der Waals surface area contributed by atoms with Crippen LogP contribution in [0.25, 0.3) is 0 Å². The molecular formula is C27H36BN3O6. The zero-order chi connectivity index (χ0) is 27.6. The molecule has 198 valence electrons. The van der Waals surface area contributed by atoms with Gasteiger partial charge in [-0.05, 0) is 79.5 Å². The number of hydrogen-bond acceptors (Lipinski definition) is 8. The molecule has 0 spiro atoms. The van der Waals surface area contributed by atoms with Gasteiger partial charge in [0.15, 0.2) is 5.69 Å². The van der Waals surface area contributed by atoms with Crippen LogP contribution in [-0.2, 0) is 26.1 Å². The van der Waals surface area contributed by atoms with E-state index in [9.17, 15) is 14.7 Å². The highest BCUT2D eigenvalue weighted by atomic mass is 16.7. The summed E-state index contributed by atoms with van der Waals surface area (Å²) in [5, 5.41) is 9.82. The van der Waals surface area contributed by atoms with Crippen molar-refractivity contribution in [3.05, 3.63) is 52.7 Å². The second kappa shape index (κ2) is 8.82. The number of esters is 1. The van der Waals surface area contributed by atoms with E-state index in [2.05, 4.69) is 0 Å². The fourth-order valence-corrected chi connectivity index (χ4v) is 4.80. The van der Waals surface area contributed by atoms with Crippen molar-refractivity contribution in [2.75, 3.05) is 11.4 Å². The Hall–Kier alpha value is -2.95. The van der Waals surface area contributed by atoms with E-state index in [0.717, 1.165) is 5.56 Å². The van der Waals surface area contributed by atoms with Crippen LogP contribution in [0, 0.1) is 0 Å². The Morgan fingerprint density at radius 1 is 1.08 bits per heavy atom. The molecule has 10 heteroatoms. The number of aromatic carboxylic acids is 1. The van der Waals surface area contributed by atoms with Crippen molar-refractivity contribution in [3.8, 4) is 0 Å². The molecule has 4 rings (SSSR count). The summed E-state index contributed by atoms with van der Waals surface area (Å²) in [7, 11) is -0.820. The van der Waals surface area contributed by atoms with Gasteiger partial charge in [-0.2, -0.15) is 0 Å². The van der Waals surface area contributed by atoms with Crippen LogP contribution in [0.4, 0.5) is 5.82 Å². The highest BCUT2D eigenvalue weighted by Crippen LogP contribution is 2.38. The molecule has 1 fully saturated rings. The molecule has 1 aromatic carbocycles. The number of hydrogen-bond donors (Lipinski definition) is 2. The summed E-state index contributed by atoms with van der Waals surface area (Å²) in [4.78, 5) is 31.9. The lowest BCUT2D eigenvalue weighted by molar-refractivity contribution is 0.00578. The third kappa shape index (κ3) is 4.85. The summed E-state index contributed by atoms with van der Waals surface area (Å²) in [6.45, 7) is 15.4. The summed E-state index contributed by atoms with van der Waals surface area (Å²) in [5.74, 6) is -1.23. The van der Waals surface area contributed by atoms with Crippen LogP contribution in [0.2, 0.25) is 0 Å². The molecule has 0 radical (unpaired) electrons. The van der Waals surface area contributed by atoms with E-state index in [1.54, 1.807) is 52.0 Å². The average molecular weight is 509 g/mol. The second-order valence-electron chi connectivity index (χ2n) is 11.9. The predicted molar refractivity (Wildman–Crippen MR) is 141 cm³/mol. The fraction of sp³-hybridized carbons (Fsp3) is 0.519. The number of pyridine rings is 1. The third-order valence-corrected chi connectivity index (χ3v) is 7.34. The summed E-state index contributed by atoms with van der Waals surface area (Å²) < 4.78 is 18.1. The zero-order valence-electron chi connectivity index (χ0n) is 22.8. The molecule has 1 unspecified atom stereocenters. The predicted octanol–water partition coefficient (Wildman–Crippen LogP) is 3.23. The number of carboxylic acid groups (broad SMARTS) is 1. The SMILES string of the molecule is CC(C)(C)OC(=O)c1nc(N2CCc3cccc(C(=O)O)c3C2(C)N)ccc1B1OC(C)(C)C(C)(C)O1. The Morgan fingerprint density at radius 2 is 1.70 bits per heavy atom. The highest BCUT2D eigenvalue weighted by molar-refractivity contribution is 6.63. The van der Waals surface area contributed by atoms with Crippen molar-refractivity contribution in [2.24, 2.45) is 5.73 Å². The summed E-state index contributed by atoms with van der Waals surface area (Å²) in [6.07, 6.45) is 0.575. The number of benzene rings is 1. The van der Waals surface area contributed by atoms with Gasteiger partial charge >= 0.3 is 19.1 Å². The summed E-state index contributed by atoms with van der Waals surface area (Å²) >= 11 is 0. The molecule has 1 atom stereocenters. The second-order valence-corrected chi connectivity index (χ2v) is 11.9. The van der Waals surface area contributed by atoms with Crippen molar-refractivity contribution in [1.29, 1.82) is 0 Å². The van der Waals surface area contributed by atoms with Gasteiger partial charge in [0, 0.05) is 17.6 Å². The van der Waals surface area contributed by atoms with Gasteiger partial charge < -0.3 is 29.8 Å². The first-order valence-electron chi connectivity index (χ1n) is 12.5. The molecule has 0 bridgehead atoms. The van der Waals surface area contributed by atoms with Crippen molar-refractivity contribution in [2.45, 2.75) is 84.3 Å². The van der Waals surface area contributed by atoms with Crippen LogP contribution in [-0.4, -0.2) is 52.5 Å². The number of fused-ring (bicyclic) bond motifs is 1. The molecule has 0 saturated carbocycles. The van der Waals surface area contributed by atoms with Gasteiger partial charge in [0.25, 0.3) is 0 Å². The Labute approximate surface area is 218 Å². The van der Waals surface area contributed by atoms with Crippen molar-refractivity contribution < 1.29 is 28.7 Å². The van der Waals surface area contributed by atoms with Gasteiger partial charge in [-0.25, -0.2) is 14.6 Å². The number of rotatable bonds is 4. The number of nitrogens with two attached hydrogens (primary N) is 1. The number of nitrogens with zero attached hydrogens (tertiary/aromatic N) is 2. The van der Waals surface area contributed by atoms with Gasteiger partial charge in [-0.3, -0.25) is 0 Å². The van der Waals surface area contributed by atoms with E-state index < -0.39 is 41.5 Å². The molecule has 1 aromatic heterocycles. The molecular weight excluding hydrogens is 473 g/mol. The minimum atomic E-state index is -1.19. The molecule has 2 aromatic rings. The molecule has 37 heavy (non-hydrogen) atoms. The molecule has 1 saturated heterocycles. The van der Waals surface area contributed by atoms with Crippen LogP contribution in [0.5, 0.6) is 0 Å². The number of carbonyl (C=O) groups excluding carboxylic acids is 1. The van der Waals surface area contributed by atoms with Gasteiger partial charge in [0.05, 0.1) is 16.8 Å². The molecule has 0 amide bonds. The van der Waals surface area contributed by atoms with Crippen molar-refractivity contribution in [1.82, 2.24) is 4.98 Å². The maximum atomic E-state index is 13.4. The summed E-state index contributed by atoms with van der Waals surface area (Å²) in [6, 6.07) is 8.68. The van der Waals surface area contributed by atoms with Crippen LogP contribution in [0.1, 0.15) is 87.4 Å². The van der Waals surface area contributed by atoms with Crippen LogP contribution in [0.15, 0.2) is 30.3 Å². The molecule has 9 nitrogen and oxygen atoms in total. The Bertz CT molecular complexity index is 1240. The number of ether oxygens (including phenoxy) is 1. The lowest BCUT2D eigenvalue weighted by atomic mass is 9.77. The molecule has 3 heterocycles. The van der Waals surface area contributed by atoms with Crippen LogP contribution < -0.4 is 16.1 Å². The first-order valence-corrected chi connectivity index (χ1v) is 12.5. The molecule has 0 aliphatic carbocycles. The quantitative estimate of drug-likeness (QED) is 0.472. The van der Waals surface area contributed by atoms with E-state index in [-0.39, 0.29) is 11.3 Å². The van der Waals surface area contributed by atoms with Crippen LogP contribution in [0.3, 0.4) is 0 Å². The Kier molecular flexibility index (Phi) is 6.46. The van der Waals surface area contributed by atoms with Crippen molar-refractivity contribution in [3.63, 3.8) is 0 Å². The first kappa shape index (κ1) is 27.1. The minimum Gasteiger partial charge on any atom is -0.478 e. The van der Waals surface area contributed by atoms with Gasteiger partial charge in [0.2, 0.25) is 0 Å². The maximum Gasteiger partial charge on any atom is 0.497 e. The molecule has 2 aliphatic rings. The Morgan fingerprint density at radius 3 is 2.27 bits per heavy atom. The first-order chi connectivity index (χ1) is 16.9. The van der Waals surface area contributed by atoms with E-state index in [1.165, 1.54) is 0 Å². The van der Waals surface area contributed by atoms with E-state index in [1.807, 2.05) is 38.7 Å².